The normalized spacial score (nSPS) is 32.3. The van der Waals surface area contributed by atoms with Crippen LogP contribution in [0.25, 0.3) is 0 Å². The van der Waals surface area contributed by atoms with Gasteiger partial charge in [0.25, 0.3) is 0 Å². The molecule has 1 saturated heterocycles. The van der Waals surface area contributed by atoms with Crippen molar-refractivity contribution < 1.29 is 9.50 Å². The topological polar surface area (TPSA) is 23.5 Å². The average molecular weight is 189 g/mol. The molecule has 1 fully saturated rings. The van der Waals surface area contributed by atoms with Crippen LogP contribution in [0, 0.1) is 5.92 Å². The van der Waals surface area contributed by atoms with Crippen LogP contribution in [0.1, 0.15) is 26.7 Å². The molecule has 0 bridgehead atoms. The number of rotatable bonds is 4. The second-order valence-electron chi connectivity index (χ2n) is 4.16. The predicted octanol–water partition coefficient (Wildman–Crippen LogP) is 1.44. The van der Waals surface area contributed by atoms with Crippen molar-refractivity contribution in [2.75, 3.05) is 19.8 Å². The highest BCUT2D eigenvalue weighted by Crippen LogP contribution is 2.24. The Bertz CT molecular complexity index is 154. The quantitative estimate of drug-likeness (QED) is 0.723. The van der Waals surface area contributed by atoms with Crippen molar-refractivity contribution in [2.45, 2.75) is 38.8 Å². The molecule has 0 aromatic carbocycles. The van der Waals surface area contributed by atoms with E-state index >= 15 is 0 Å². The highest BCUT2D eigenvalue weighted by molar-refractivity contribution is 4.83. The van der Waals surface area contributed by atoms with E-state index in [4.69, 9.17) is 0 Å². The van der Waals surface area contributed by atoms with E-state index in [1.807, 2.05) is 0 Å². The maximum absolute atomic E-state index is 12.1. The van der Waals surface area contributed by atoms with Gasteiger partial charge in [-0.1, -0.05) is 13.8 Å². The molecule has 78 valence electrons. The number of halogens is 1. The van der Waals surface area contributed by atoms with Crippen LogP contribution in [0.5, 0.6) is 0 Å². The monoisotopic (exact) mass is 189 g/mol. The molecule has 0 aromatic heterocycles. The van der Waals surface area contributed by atoms with Crippen LogP contribution in [0.3, 0.4) is 0 Å². The van der Waals surface area contributed by atoms with E-state index in [-0.39, 0.29) is 0 Å². The fourth-order valence-electron chi connectivity index (χ4n) is 2.21. The van der Waals surface area contributed by atoms with Crippen LogP contribution in [0.2, 0.25) is 0 Å². The van der Waals surface area contributed by atoms with Gasteiger partial charge in [-0.15, -0.1) is 0 Å². The van der Waals surface area contributed by atoms with Gasteiger partial charge in [-0.05, 0) is 18.8 Å². The Balaban J connectivity index is 2.39. The highest BCUT2D eigenvalue weighted by Gasteiger charge is 2.29. The molecule has 0 radical (unpaired) electrons. The number of hydrogen-bond acceptors (Lipinski definition) is 2. The van der Waals surface area contributed by atoms with Gasteiger partial charge < -0.3 is 5.11 Å². The first-order chi connectivity index (χ1) is 6.17. The van der Waals surface area contributed by atoms with Crippen molar-refractivity contribution in [2.24, 2.45) is 5.92 Å². The molecule has 1 N–H and O–H groups in total. The molecule has 0 saturated carbocycles. The molecule has 0 spiro atoms. The molecule has 1 aliphatic heterocycles. The van der Waals surface area contributed by atoms with E-state index in [9.17, 15) is 9.50 Å². The third kappa shape index (κ3) is 2.92. The number of nitrogens with zero attached hydrogens (tertiary/aromatic N) is 1. The Labute approximate surface area is 79.7 Å². The van der Waals surface area contributed by atoms with E-state index in [2.05, 4.69) is 18.7 Å². The van der Waals surface area contributed by atoms with Gasteiger partial charge in [0.05, 0.1) is 6.10 Å². The fraction of sp³-hybridized carbons (Fsp3) is 1.00. The van der Waals surface area contributed by atoms with E-state index < -0.39 is 12.8 Å². The van der Waals surface area contributed by atoms with Gasteiger partial charge >= 0.3 is 0 Å². The molecule has 1 rings (SSSR count). The van der Waals surface area contributed by atoms with Gasteiger partial charge in [0.15, 0.2) is 0 Å². The molecular formula is C10H20FNO. The van der Waals surface area contributed by atoms with Crippen LogP contribution in [0.4, 0.5) is 4.39 Å². The summed E-state index contributed by atoms with van der Waals surface area (Å²) in [6.07, 6.45) is 1.50. The number of aliphatic hydroxyl groups excluding tert-OH is 1. The third-order valence-corrected chi connectivity index (χ3v) is 2.83. The van der Waals surface area contributed by atoms with Crippen LogP contribution in [-0.4, -0.2) is 41.9 Å². The first kappa shape index (κ1) is 10.9. The average Bonchev–Trinajstić information content (AvgIpc) is 2.46. The summed E-state index contributed by atoms with van der Waals surface area (Å²) in [5.74, 6) is 0.691. The Morgan fingerprint density at radius 2 is 2.31 bits per heavy atom. The molecule has 1 heterocycles. The van der Waals surface area contributed by atoms with E-state index in [0.29, 0.717) is 18.5 Å². The molecule has 0 aromatic rings. The highest BCUT2D eigenvalue weighted by atomic mass is 19.1. The summed E-state index contributed by atoms with van der Waals surface area (Å²) in [7, 11) is 0. The summed E-state index contributed by atoms with van der Waals surface area (Å²) in [6, 6.07) is 0.552. The summed E-state index contributed by atoms with van der Waals surface area (Å²) in [5, 5.41) is 9.20. The lowest BCUT2D eigenvalue weighted by Crippen LogP contribution is -2.36. The van der Waals surface area contributed by atoms with E-state index in [1.54, 1.807) is 0 Å². The van der Waals surface area contributed by atoms with Crippen molar-refractivity contribution in [3.63, 3.8) is 0 Å². The molecule has 0 aliphatic carbocycles. The fourth-order valence-corrected chi connectivity index (χ4v) is 2.21. The SMILES string of the molecule is CCC1CC(C)CN1CC(O)CF. The van der Waals surface area contributed by atoms with E-state index in [1.165, 1.54) is 6.42 Å². The van der Waals surface area contributed by atoms with Crippen LogP contribution >= 0.6 is 0 Å². The van der Waals surface area contributed by atoms with Crippen molar-refractivity contribution in [1.82, 2.24) is 4.90 Å². The first-order valence-corrected chi connectivity index (χ1v) is 5.15. The third-order valence-electron chi connectivity index (χ3n) is 2.83. The first-order valence-electron chi connectivity index (χ1n) is 5.15. The summed E-state index contributed by atoms with van der Waals surface area (Å²) in [5.41, 5.74) is 0. The summed E-state index contributed by atoms with van der Waals surface area (Å²) >= 11 is 0. The molecule has 13 heavy (non-hydrogen) atoms. The smallest absolute Gasteiger partial charge is 0.117 e. The number of likely N-dealkylation sites (tertiary alicyclic amines) is 1. The van der Waals surface area contributed by atoms with Gasteiger partial charge in [0.1, 0.15) is 6.67 Å². The molecule has 2 nitrogen and oxygen atoms in total. The molecule has 3 unspecified atom stereocenters. The van der Waals surface area contributed by atoms with Crippen LogP contribution in [0.15, 0.2) is 0 Å². The van der Waals surface area contributed by atoms with Gasteiger partial charge in [0, 0.05) is 19.1 Å². The van der Waals surface area contributed by atoms with Gasteiger partial charge in [-0.25, -0.2) is 4.39 Å². The lowest BCUT2D eigenvalue weighted by Gasteiger charge is -2.24. The maximum atomic E-state index is 12.1. The summed E-state index contributed by atoms with van der Waals surface area (Å²) in [4.78, 5) is 2.22. The van der Waals surface area contributed by atoms with E-state index in [0.717, 1.165) is 13.0 Å². The zero-order chi connectivity index (χ0) is 9.84. The van der Waals surface area contributed by atoms with Crippen LogP contribution in [-0.2, 0) is 0 Å². The Morgan fingerprint density at radius 3 is 2.85 bits per heavy atom. The number of alkyl halides is 1. The number of hydrogen-bond donors (Lipinski definition) is 1. The summed E-state index contributed by atoms with van der Waals surface area (Å²) in [6.45, 7) is 5.25. The minimum atomic E-state index is -0.792. The van der Waals surface area contributed by atoms with Crippen molar-refractivity contribution >= 4 is 0 Å². The van der Waals surface area contributed by atoms with Crippen LogP contribution < -0.4 is 0 Å². The molecular weight excluding hydrogens is 169 g/mol. The molecule has 0 amide bonds. The zero-order valence-electron chi connectivity index (χ0n) is 8.54. The lowest BCUT2D eigenvalue weighted by molar-refractivity contribution is 0.0827. The number of aliphatic hydroxyl groups is 1. The zero-order valence-corrected chi connectivity index (χ0v) is 8.54. The Morgan fingerprint density at radius 1 is 1.62 bits per heavy atom. The Hall–Kier alpha value is -0.150. The Kier molecular flexibility index (Phi) is 4.13. The number of β-amino-alcohol motifs (C(OH)–C–C–N with tert-alkyl or cyclic N) is 1. The van der Waals surface area contributed by atoms with Crippen molar-refractivity contribution in [3.05, 3.63) is 0 Å². The van der Waals surface area contributed by atoms with Crippen molar-refractivity contribution in [1.29, 1.82) is 0 Å². The molecule has 3 atom stereocenters. The second kappa shape index (κ2) is 4.91. The molecule has 3 heteroatoms. The second-order valence-corrected chi connectivity index (χ2v) is 4.16. The lowest BCUT2D eigenvalue weighted by atomic mass is 10.1. The largest absolute Gasteiger partial charge is 0.389 e. The molecule has 1 aliphatic rings. The maximum Gasteiger partial charge on any atom is 0.117 e. The van der Waals surface area contributed by atoms with Gasteiger partial charge in [-0.3, -0.25) is 4.90 Å². The van der Waals surface area contributed by atoms with Gasteiger partial charge in [0.2, 0.25) is 0 Å². The minimum absolute atomic E-state index is 0.499. The standard InChI is InChI=1S/C10H20FNO/c1-3-9-4-8(2)6-12(9)7-10(13)5-11/h8-10,13H,3-7H2,1-2H3. The summed E-state index contributed by atoms with van der Waals surface area (Å²) < 4.78 is 12.1. The van der Waals surface area contributed by atoms with Gasteiger partial charge in [-0.2, -0.15) is 0 Å². The van der Waals surface area contributed by atoms with Crippen molar-refractivity contribution in [3.8, 4) is 0 Å². The predicted molar refractivity (Wildman–Crippen MR) is 51.4 cm³/mol. The minimum Gasteiger partial charge on any atom is -0.389 e.